The van der Waals surface area contributed by atoms with Gasteiger partial charge in [-0.25, -0.2) is 0 Å². The molecule has 0 aromatic heterocycles. The van der Waals surface area contributed by atoms with Gasteiger partial charge in [-0.3, -0.25) is 0 Å². The van der Waals surface area contributed by atoms with Gasteiger partial charge in [-0.2, -0.15) is 0 Å². The van der Waals surface area contributed by atoms with Crippen LogP contribution in [0.2, 0.25) is 0 Å². The number of para-hydroxylation sites is 3. The molecule has 11 aromatic rings. The van der Waals surface area contributed by atoms with E-state index < -0.39 is 0 Å². The molecule has 3 nitrogen and oxygen atoms in total. The Hall–Kier alpha value is -8.66. The van der Waals surface area contributed by atoms with E-state index in [2.05, 4.69) is 289 Å². The summed E-state index contributed by atoms with van der Waals surface area (Å²) < 4.78 is 0. The summed E-state index contributed by atoms with van der Waals surface area (Å²) in [5, 5.41) is 4.81. The zero-order chi connectivity index (χ0) is 45.1. The van der Waals surface area contributed by atoms with E-state index in [0.717, 1.165) is 51.2 Å². The summed E-state index contributed by atoms with van der Waals surface area (Å²) in [6.07, 6.45) is 0. The quantitative estimate of drug-likeness (QED) is 0.128. The Morgan fingerprint density at radius 1 is 0.224 bits per heavy atom. The minimum absolute atomic E-state index is 1.09. The predicted octanol–water partition coefficient (Wildman–Crippen LogP) is 18.4. The van der Waals surface area contributed by atoms with Gasteiger partial charge in [0.2, 0.25) is 0 Å². The van der Waals surface area contributed by atoms with Crippen LogP contribution in [0, 0.1) is 13.8 Å². The predicted molar refractivity (Wildman–Crippen MR) is 286 cm³/mol. The van der Waals surface area contributed by atoms with Crippen LogP contribution in [0.25, 0.3) is 43.8 Å². The van der Waals surface area contributed by atoms with E-state index in [1.54, 1.807) is 0 Å². The molecule has 0 heterocycles. The smallest absolute Gasteiger partial charge is 0.0540 e. The molecule has 0 aliphatic rings. The molecule has 0 aliphatic heterocycles. The van der Waals surface area contributed by atoms with Crippen molar-refractivity contribution in [2.75, 3.05) is 14.7 Å². The Balaban J connectivity index is 0.946. The van der Waals surface area contributed by atoms with Crippen molar-refractivity contribution < 1.29 is 0 Å². The largest absolute Gasteiger partial charge is 0.311 e. The summed E-state index contributed by atoms with van der Waals surface area (Å²) in [7, 11) is 0. The summed E-state index contributed by atoms with van der Waals surface area (Å²) in [6, 6.07) is 94.2. The van der Waals surface area contributed by atoms with Gasteiger partial charge in [0, 0.05) is 50.6 Å². The second-order valence-corrected chi connectivity index (χ2v) is 17.1. The fraction of sp³-hybridized carbons (Fsp3) is 0.0312. The number of nitrogens with zero attached hydrogens (tertiary/aromatic N) is 3. The highest BCUT2D eigenvalue weighted by atomic mass is 15.2. The lowest BCUT2D eigenvalue weighted by Crippen LogP contribution is -2.11. The molecule has 0 spiro atoms. The van der Waals surface area contributed by atoms with Crippen LogP contribution < -0.4 is 14.7 Å². The third kappa shape index (κ3) is 8.09. The number of benzene rings is 11. The van der Waals surface area contributed by atoms with Crippen molar-refractivity contribution in [3.8, 4) is 22.3 Å². The highest BCUT2D eigenvalue weighted by molar-refractivity contribution is 6.08. The van der Waals surface area contributed by atoms with Crippen LogP contribution in [-0.2, 0) is 0 Å². The molecule has 0 radical (unpaired) electrons. The van der Waals surface area contributed by atoms with E-state index in [1.807, 2.05) is 0 Å². The fourth-order valence-corrected chi connectivity index (χ4v) is 9.61. The SMILES string of the molecule is Cc1cccc(N(c2ccccc2)c2ccc(-c3ccc(N(c4ccccc4)c4ccc(-c5ccc(N(c6ccccc6)c6cccc(C)c6)c6ccccc56)cc4)cc3)c3ccccc23)c1. The van der Waals surface area contributed by atoms with Crippen LogP contribution in [0.15, 0.2) is 261 Å². The van der Waals surface area contributed by atoms with E-state index in [1.165, 1.54) is 54.9 Å². The van der Waals surface area contributed by atoms with Gasteiger partial charge < -0.3 is 14.7 Å². The zero-order valence-corrected chi connectivity index (χ0v) is 37.7. The Morgan fingerprint density at radius 3 is 0.910 bits per heavy atom. The zero-order valence-electron chi connectivity index (χ0n) is 37.7. The van der Waals surface area contributed by atoms with Gasteiger partial charge in [-0.1, -0.05) is 164 Å². The molecule has 0 saturated heterocycles. The first-order valence-electron chi connectivity index (χ1n) is 23.0. The second kappa shape index (κ2) is 18.1. The summed E-state index contributed by atoms with van der Waals surface area (Å²) in [5.41, 5.74) is 17.3. The lowest BCUT2D eigenvalue weighted by Gasteiger charge is -2.28. The normalized spacial score (nSPS) is 11.1. The number of fused-ring (bicyclic) bond motifs is 2. The van der Waals surface area contributed by atoms with E-state index >= 15 is 0 Å². The molecule has 11 rings (SSSR count). The van der Waals surface area contributed by atoms with Crippen LogP contribution >= 0.6 is 0 Å². The molecule has 0 bridgehead atoms. The molecule has 0 amide bonds. The Morgan fingerprint density at radius 2 is 0.537 bits per heavy atom. The molecule has 0 fully saturated rings. The van der Waals surface area contributed by atoms with Crippen molar-refractivity contribution in [3.05, 3.63) is 272 Å². The van der Waals surface area contributed by atoms with Gasteiger partial charge in [-0.05, 0) is 155 Å². The van der Waals surface area contributed by atoms with Crippen molar-refractivity contribution >= 4 is 72.7 Å². The Bertz CT molecular complexity index is 3260. The molecule has 0 aliphatic carbocycles. The summed E-state index contributed by atoms with van der Waals surface area (Å²) in [6.45, 7) is 4.31. The molecule has 67 heavy (non-hydrogen) atoms. The first-order valence-corrected chi connectivity index (χ1v) is 23.0. The number of hydrogen-bond donors (Lipinski definition) is 0. The van der Waals surface area contributed by atoms with Gasteiger partial charge in [0.05, 0.1) is 11.4 Å². The van der Waals surface area contributed by atoms with E-state index in [9.17, 15) is 0 Å². The Labute approximate surface area is 393 Å². The standard InChI is InChI=1S/C64H49N3/c1-46-18-16-26-55(44-46)66(51-22-8-4-9-23-51)63-42-40-57(59-28-12-14-30-61(59)63)48-32-36-53(37-33-48)65(50-20-6-3-7-21-50)54-38-34-49(35-39-54)58-41-43-64(62-31-15-13-29-60(58)62)67(52-24-10-5-11-25-52)56-27-17-19-47(2)45-56/h3-45H,1-2H3. The van der Waals surface area contributed by atoms with Gasteiger partial charge >= 0.3 is 0 Å². The fourth-order valence-electron chi connectivity index (χ4n) is 9.61. The van der Waals surface area contributed by atoms with Crippen molar-refractivity contribution in [3.63, 3.8) is 0 Å². The average molecular weight is 860 g/mol. The molecule has 11 aromatic carbocycles. The van der Waals surface area contributed by atoms with Crippen LogP contribution in [0.3, 0.4) is 0 Å². The number of hydrogen-bond acceptors (Lipinski definition) is 3. The first kappa shape index (κ1) is 41.1. The van der Waals surface area contributed by atoms with Crippen molar-refractivity contribution in [2.45, 2.75) is 13.8 Å². The molecule has 3 heteroatoms. The summed E-state index contributed by atoms with van der Waals surface area (Å²) in [4.78, 5) is 7.08. The maximum atomic E-state index is 2.37. The van der Waals surface area contributed by atoms with Crippen molar-refractivity contribution in [2.24, 2.45) is 0 Å². The first-order chi connectivity index (χ1) is 33.1. The van der Waals surface area contributed by atoms with Gasteiger partial charge in [0.1, 0.15) is 0 Å². The molecule has 0 saturated carbocycles. The number of aryl methyl sites for hydroxylation is 2. The van der Waals surface area contributed by atoms with Gasteiger partial charge in [0.25, 0.3) is 0 Å². The van der Waals surface area contributed by atoms with Gasteiger partial charge in [0.15, 0.2) is 0 Å². The van der Waals surface area contributed by atoms with Crippen molar-refractivity contribution in [1.29, 1.82) is 0 Å². The number of anilines is 9. The lowest BCUT2D eigenvalue weighted by atomic mass is 9.95. The molecule has 0 unspecified atom stereocenters. The van der Waals surface area contributed by atoms with E-state index in [4.69, 9.17) is 0 Å². The Kier molecular flexibility index (Phi) is 11.1. The second-order valence-electron chi connectivity index (χ2n) is 17.1. The topological polar surface area (TPSA) is 9.72 Å². The van der Waals surface area contributed by atoms with Crippen LogP contribution in [0.1, 0.15) is 11.1 Å². The highest BCUT2D eigenvalue weighted by Crippen LogP contribution is 2.45. The van der Waals surface area contributed by atoms with Crippen LogP contribution in [-0.4, -0.2) is 0 Å². The van der Waals surface area contributed by atoms with Gasteiger partial charge in [-0.15, -0.1) is 0 Å². The minimum Gasteiger partial charge on any atom is -0.311 e. The molecule has 0 N–H and O–H groups in total. The van der Waals surface area contributed by atoms with Crippen LogP contribution in [0.5, 0.6) is 0 Å². The third-order valence-electron chi connectivity index (χ3n) is 12.7. The molecular weight excluding hydrogens is 811 g/mol. The maximum Gasteiger partial charge on any atom is 0.0540 e. The molecule has 320 valence electrons. The third-order valence-corrected chi connectivity index (χ3v) is 12.7. The minimum atomic E-state index is 1.09. The summed E-state index contributed by atoms with van der Waals surface area (Å²) in [5.74, 6) is 0. The van der Waals surface area contributed by atoms with E-state index in [0.29, 0.717) is 0 Å². The van der Waals surface area contributed by atoms with Crippen molar-refractivity contribution in [1.82, 2.24) is 0 Å². The van der Waals surface area contributed by atoms with Crippen LogP contribution in [0.4, 0.5) is 51.2 Å². The lowest BCUT2D eigenvalue weighted by molar-refractivity contribution is 1.28. The molecule has 0 atom stereocenters. The summed E-state index contributed by atoms with van der Waals surface area (Å²) >= 11 is 0. The molecular formula is C64H49N3. The maximum absolute atomic E-state index is 2.37. The monoisotopic (exact) mass is 859 g/mol. The average Bonchev–Trinajstić information content (AvgIpc) is 3.38. The number of rotatable bonds is 11. The highest BCUT2D eigenvalue weighted by Gasteiger charge is 2.20. The van der Waals surface area contributed by atoms with E-state index in [-0.39, 0.29) is 0 Å².